The molecule has 0 radical (unpaired) electrons. The molecular weight excluding hydrogens is 439 g/mol. The van der Waals surface area contributed by atoms with Crippen molar-refractivity contribution in [3.05, 3.63) is 35.9 Å². The van der Waals surface area contributed by atoms with Gasteiger partial charge in [-0.25, -0.2) is 0 Å². The fourth-order valence-corrected chi connectivity index (χ4v) is 3.01. The Bertz CT molecular complexity index is 516. The highest BCUT2D eigenvalue weighted by molar-refractivity contribution is 14.0. The zero-order valence-electron chi connectivity index (χ0n) is 16.5. The van der Waals surface area contributed by atoms with Crippen LogP contribution in [0.5, 0.6) is 0 Å². The van der Waals surface area contributed by atoms with Crippen LogP contribution < -0.4 is 10.6 Å². The predicted molar refractivity (Wildman–Crippen MR) is 121 cm³/mol. The standard InChI is InChI=1S/C20H34N4O.HI/c1-20(2,18-9-5-4-6-10-18)17-23-19(21-3)22-11-7-8-12-24-13-15-25-16-14-24;/h4-6,9-10H,7-8,11-17H2,1-3H3,(H2,21,22,23);1H. The van der Waals surface area contributed by atoms with Crippen LogP contribution in [0.2, 0.25) is 0 Å². The van der Waals surface area contributed by atoms with Crippen molar-refractivity contribution >= 4 is 29.9 Å². The van der Waals surface area contributed by atoms with E-state index in [0.717, 1.165) is 58.3 Å². The molecule has 0 aliphatic carbocycles. The maximum Gasteiger partial charge on any atom is 0.191 e. The molecule has 1 aromatic carbocycles. The van der Waals surface area contributed by atoms with Crippen molar-refractivity contribution in [1.82, 2.24) is 15.5 Å². The lowest BCUT2D eigenvalue weighted by Crippen LogP contribution is -2.43. The Labute approximate surface area is 176 Å². The van der Waals surface area contributed by atoms with Gasteiger partial charge in [-0.15, -0.1) is 24.0 Å². The minimum absolute atomic E-state index is 0. The number of nitrogens with zero attached hydrogens (tertiary/aromatic N) is 2. The van der Waals surface area contributed by atoms with E-state index in [1.54, 1.807) is 0 Å². The van der Waals surface area contributed by atoms with Gasteiger partial charge in [-0.05, 0) is 24.9 Å². The summed E-state index contributed by atoms with van der Waals surface area (Å²) in [6.45, 7) is 11.4. The molecule has 2 rings (SSSR count). The molecule has 0 aromatic heterocycles. The van der Waals surface area contributed by atoms with Crippen molar-refractivity contribution in [3.63, 3.8) is 0 Å². The van der Waals surface area contributed by atoms with Gasteiger partial charge in [0.25, 0.3) is 0 Å². The van der Waals surface area contributed by atoms with Gasteiger partial charge in [0.15, 0.2) is 5.96 Å². The number of guanidine groups is 1. The summed E-state index contributed by atoms with van der Waals surface area (Å²) in [7, 11) is 1.83. The molecule has 2 N–H and O–H groups in total. The molecule has 0 spiro atoms. The molecule has 5 nitrogen and oxygen atoms in total. The third-order valence-electron chi connectivity index (χ3n) is 4.77. The third kappa shape index (κ3) is 8.22. The highest BCUT2D eigenvalue weighted by Gasteiger charge is 2.20. The molecule has 1 heterocycles. The molecule has 1 aliphatic heterocycles. The molecule has 0 atom stereocenters. The predicted octanol–water partition coefficient (Wildman–Crippen LogP) is 2.86. The van der Waals surface area contributed by atoms with E-state index in [9.17, 15) is 0 Å². The first-order valence-electron chi connectivity index (χ1n) is 9.42. The molecule has 1 aliphatic rings. The quantitative estimate of drug-likeness (QED) is 0.263. The fraction of sp³-hybridized carbons (Fsp3) is 0.650. The fourth-order valence-electron chi connectivity index (χ4n) is 3.01. The van der Waals surface area contributed by atoms with Crippen molar-refractivity contribution in [2.45, 2.75) is 32.1 Å². The molecule has 0 amide bonds. The van der Waals surface area contributed by atoms with Crippen LogP contribution in [-0.4, -0.2) is 63.8 Å². The number of aliphatic imine (C=N–C) groups is 1. The van der Waals surface area contributed by atoms with Crippen LogP contribution in [0.1, 0.15) is 32.3 Å². The molecule has 1 aromatic rings. The lowest BCUT2D eigenvalue weighted by molar-refractivity contribution is 0.0372. The summed E-state index contributed by atoms with van der Waals surface area (Å²) in [5.41, 5.74) is 1.40. The van der Waals surface area contributed by atoms with E-state index in [2.05, 4.69) is 64.7 Å². The summed E-state index contributed by atoms with van der Waals surface area (Å²) in [5.74, 6) is 0.885. The molecule has 6 heteroatoms. The van der Waals surface area contributed by atoms with Crippen molar-refractivity contribution < 1.29 is 4.74 Å². The number of ether oxygens (including phenoxy) is 1. The van der Waals surface area contributed by atoms with E-state index in [-0.39, 0.29) is 29.4 Å². The van der Waals surface area contributed by atoms with Gasteiger partial charge in [-0.1, -0.05) is 44.2 Å². The Kier molecular flexibility index (Phi) is 11.2. The van der Waals surface area contributed by atoms with Crippen LogP contribution in [-0.2, 0) is 10.2 Å². The Morgan fingerprint density at radius 1 is 1.12 bits per heavy atom. The molecule has 0 saturated carbocycles. The second kappa shape index (κ2) is 12.5. The highest BCUT2D eigenvalue weighted by Crippen LogP contribution is 2.21. The molecule has 0 bridgehead atoms. The zero-order chi connectivity index (χ0) is 18.0. The van der Waals surface area contributed by atoms with E-state index in [4.69, 9.17) is 4.74 Å². The van der Waals surface area contributed by atoms with Gasteiger partial charge in [-0.2, -0.15) is 0 Å². The van der Waals surface area contributed by atoms with Gasteiger partial charge >= 0.3 is 0 Å². The summed E-state index contributed by atoms with van der Waals surface area (Å²) in [6.07, 6.45) is 2.36. The molecular formula is C20H35IN4O. The van der Waals surface area contributed by atoms with Gasteiger partial charge < -0.3 is 15.4 Å². The number of morpholine rings is 1. The van der Waals surface area contributed by atoms with E-state index in [1.807, 2.05) is 7.05 Å². The van der Waals surface area contributed by atoms with Crippen molar-refractivity contribution in [1.29, 1.82) is 0 Å². The van der Waals surface area contributed by atoms with Crippen molar-refractivity contribution in [3.8, 4) is 0 Å². The van der Waals surface area contributed by atoms with E-state index in [0.29, 0.717) is 0 Å². The van der Waals surface area contributed by atoms with Crippen LogP contribution in [0, 0.1) is 0 Å². The minimum Gasteiger partial charge on any atom is -0.379 e. The van der Waals surface area contributed by atoms with Crippen molar-refractivity contribution in [2.75, 3.05) is 53.0 Å². The van der Waals surface area contributed by atoms with E-state index in [1.165, 1.54) is 12.0 Å². The maximum absolute atomic E-state index is 5.38. The number of benzene rings is 1. The number of hydrogen-bond acceptors (Lipinski definition) is 3. The van der Waals surface area contributed by atoms with Crippen LogP contribution >= 0.6 is 24.0 Å². The smallest absolute Gasteiger partial charge is 0.191 e. The van der Waals surface area contributed by atoms with Gasteiger partial charge in [0.05, 0.1) is 13.2 Å². The molecule has 1 fully saturated rings. The summed E-state index contributed by atoms with van der Waals surface area (Å²) in [6, 6.07) is 10.6. The summed E-state index contributed by atoms with van der Waals surface area (Å²) < 4.78 is 5.38. The number of unbranched alkanes of at least 4 members (excludes halogenated alkanes) is 1. The minimum atomic E-state index is 0. The Hall–Kier alpha value is -0.860. The van der Waals surface area contributed by atoms with Crippen molar-refractivity contribution in [2.24, 2.45) is 4.99 Å². The average Bonchev–Trinajstić information content (AvgIpc) is 2.65. The molecule has 1 saturated heterocycles. The SMILES string of the molecule is CN=C(NCCCCN1CCOCC1)NCC(C)(C)c1ccccc1.I. The Morgan fingerprint density at radius 2 is 1.81 bits per heavy atom. The monoisotopic (exact) mass is 474 g/mol. The van der Waals surface area contributed by atoms with Gasteiger partial charge in [0.1, 0.15) is 0 Å². The summed E-state index contributed by atoms with van der Waals surface area (Å²) in [5, 5.41) is 6.89. The lowest BCUT2D eigenvalue weighted by Gasteiger charge is -2.27. The lowest BCUT2D eigenvalue weighted by atomic mass is 9.85. The van der Waals surface area contributed by atoms with Gasteiger partial charge in [0.2, 0.25) is 0 Å². The third-order valence-corrected chi connectivity index (χ3v) is 4.77. The van der Waals surface area contributed by atoms with E-state index < -0.39 is 0 Å². The summed E-state index contributed by atoms with van der Waals surface area (Å²) in [4.78, 5) is 6.82. The highest BCUT2D eigenvalue weighted by atomic mass is 127. The zero-order valence-corrected chi connectivity index (χ0v) is 18.8. The summed E-state index contributed by atoms with van der Waals surface area (Å²) >= 11 is 0. The second-order valence-corrected chi connectivity index (χ2v) is 7.26. The van der Waals surface area contributed by atoms with Crippen LogP contribution in [0.25, 0.3) is 0 Å². The maximum atomic E-state index is 5.38. The molecule has 26 heavy (non-hydrogen) atoms. The Morgan fingerprint density at radius 3 is 2.46 bits per heavy atom. The first-order valence-corrected chi connectivity index (χ1v) is 9.42. The van der Waals surface area contributed by atoms with Crippen LogP contribution in [0.3, 0.4) is 0 Å². The number of hydrogen-bond donors (Lipinski definition) is 2. The number of halogens is 1. The molecule has 148 valence electrons. The van der Waals surface area contributed by atoms with E-state index >= 15 is 0 Å². The first kappa shape index (κ1) is 23.2. The van der Waals surface area contributed by atoms with Gasteiger partial charge in [-0.3, -0.25) is 9.89 Å². The largest absolute Gasteiger partial charge is 0.379 e. The first-order chi connectivity index (χ1) is 12.1. The number of rotatable bonds is 8. The van der Waals surface area contributed by atoms with Gasteiger partial charge in [0, 0.05) is 38.6 Å². The Balaban J connectivity index is 0.00000338. The van der Waals surface area contributed by atoms with Crippen LogP contribution in [0.15, 0.2) is 35.3 Å². The topological polar surface area (TPSA) is 48.9 Å². The molecule has 0 unspecified atom stereocenters. The average molecular weight is 474 g/mol. The normalized spacial score (nSPS) is 16.0. The second-order valence-electron chi connectivity index (χ2n) is 7.26. The van der Waals surface area contributed by atoms with Crippen LogP contribution in [0.4, 0.5) is 0 Å². The number of nitrogens with one attached hydrogen (secondary N) is 2.